The van der Waals surface area contributed by atoms with Gasteiger partial charge in [0, 0.05) is 31.7 Å². The summed E-state index contributed by atoms with van der Waals surface area (Å²) in [6.07, 6.45) is 0. The highest BCUT2D eigenvalue weighted by Crippen LogP contribution is 2.14. The molecule has 0 unspecified atom stereocenters. The zero-order valence-corrected chi connectivity index (χ0v) is 9.43. The quantitative estimate of drug-likeness (QED) is 0.721. The van der Waals surface area contributed by atoms with Gasteiger partial charge in [0.25, 0.3) is 0 Å². The van der Waals surface area contributed by atoms with Crippen LogP contribution in [0.1, 0.15) is 5.82 Å². The Balaban J connectivity index is 2.44. The summed E-state index contributed by atoms with van der Waals surface area (Å²) in [5, 5.41) is 0.999. The maximum absolute atomic E-state index is 4.30. The Morgan fingerprint density at radius 2 is 1.92 bits per heavy atom. The normalized spacial score (nSPS) is 10.8. The molecule has 4 nitrogen and oxygen atoms in total. The van der Waals surface area contributed by atoms with Crippen LogP contribution in [0, 0.1) is 6.92 Å². The maximum Gasteiger partial charge on any atom is 0.204 e. The number of nitrogens with zero attached hydrogens (tertiary/aromatic N) is 4. The summed E-state index contributed by atoms with van der Waals surface area (Å²) in [7, 11) is 6.18. The van der Waals surface area contributed by atoms with Crippen LogP contribution < -0.4 is 4.90 Å². The summed E-state index contributed by atoms with van der Waals surface area (Å²) in [6.45, 7) is 3.94. The lowest BCUT2D eigenvalue weighted by molar-refractivity contribution is 0.416. The molecule has 1 rings (SSSR count). The van der Waals surface area contributed by atoms with Crippen LogP contribution in [-0.2, 0) is 0 Å². The second-order valence-electron chi connectivity index (χ2n) is 3.35. The molecule has 0 aliphatic rings. The fraction of sp³-hybridized carbons (Fsp3) is 0.750. The van der Waals surface area contributed by atoms with Crippen LogP contribution in [0.2, 0.25) is 0 Å². The molecular weight excluding hydrogens is 184 g/mol. The van der Waals surface area contributed by atoms with Gasteiger partial charge in [0.05, 0.1) is 0 Å². The minimum atomic E-state index is 0.858. The van der Waals surface area contributed by atoms with Crippen molar-refractivity contribution in [1.82, 2.24) is 14.3 Å². The Kier molecular flexibility index (Phi) is 3.62. The van der Waals surface area contributed by atoms with Crippen molar-refractivity contribution in [2.75, 3.05) is 39.1 Å². The number of hydrogen-bond acceptors (Lipinski definition) is 5. The van der Waals surface area contributed by atoms with Gasteiger partial charge < -0.3 is 9.80 Å². The van der Waals surface area contributed by atoms with E-state index in [4.69, 9.17) is 0 Å². The highest BCUT2D eigenvalue weighted by atomic mass is 32.1. The van der Waals surface area contributed by atoms with E-state index in [1.54, 1.807) is 0 Å². The van der Waals surface area contributed by atoms with Crippen LogP contribution in [0.5, 0.6) is 0 Å². The third-order valence-electron chi connectivity index (χ3n) is 1.73. The van der Waals surface area contributed by atoms with Crippen molar-refractivity contribution in [3.63, 3.8) is 0 Å². The summed E-state index contributed by atoms with van der Waals surface area (Å²) < 4.78 is 4.14. The van der Waals surface area contributed by atoms with E-state index in [2.05, 4.69) is 33.3 Å². The van der Waals surface area contributed by atoms with Crippen molar-refractivity contribution in [1.29, 1.82) is 0 Å². The molecule has 74 valence electrons. The molecule has 0 aliphatic carbocycles. The van der Waals surface area contributed by atoms with Crippen LogP contribution >= 0.6 is 11.5 Å². The van der Waals surface area contributed by atoms with Gasteiger partial charge in [-0.2, -0.15) is 4.37 Å². The lowest BCUT2D eigenvalue weighted by Crippen LogP contribution is -2.28. The Bertz CT molecular complexity index is 258. The average Bonchev–Trinajstić information content (AvgIpc) is 2.47. The molecule has 5 heteroatoms. The zero-order chi connectivity index (χ0) is 9.84. The summed E-state index contributed by atoms with van der Waals surface area (Å²) in [6, 6.07) is 0. The van der Waals surface area contributed by atoms with Gasteiger partial charge in [-0.05, 0) is 21.0 Å². The molecule has 0 bridgehead atoms. The first-order valence-corrected chi connectivity index (χ1v) is 5.03. The Labute approximate surface area is 83.4 Å². The minimum Gasteiger partial charge on any atom is -0.349 e. The molecule has 0 amide bonds. The molecule has 0 aromatic carbocycles. The molecule has 0 fully saturated rings. The van der Waals surface area contributed by atoms with E-state index in [0.29, 0.717) is 0 Å². The molecule has 0 atom stereocenters. The monoisotopic (exact) mass is 200 g/mol. The van der Waals surface area contributed by atoms with E-state index in [-0.39, 0.29) is 0 Å². The first kappa shape index (κ1) is 10.4. The van der Waals surface area contributed by atoms with E-state index in [1.807, 2.05) is 14.0 Å². The standard InChI is InChI=1S/C8H16N4S/c1-7-9-8(13-10-7)12(4)6-5-11(2)3/h5-6H2,1-4H3. The Morgan fingerprint density at radius 3 is 2.38 bits per heavy atom. The minimum absolute atomic E-state index is 0.858. The van der Waals surface area contributed by atoms with Crippen LogP contribution in [0.4, 0.5) is 5.13 Å². The number of rotatable bonds is 4. The lowest BCUT2D eigenvalue weighted by atomic mass is 10.5. The Morgan fingerprint density at radius 1 is 1.23 bits per heavy atom. The van der Waals surface area contributed by atoms with Gasteiger partial charge in [0.1, 0.15) is 5.82 Å². The first-order valence-electron chi connectivity index (χ1n) is 4.26. The molecule has 0 saturated carbocycles. The highest BCUT2D eigenvalue weighted by molar-refractivity contribution is 7.09. The molecule has 1 heterocycles. The van der Waals surface area contributed by atoms with Crippen molar-refractivity contribution in [3.8, 4) is 0 Å². The Hall–Kier alpha value is -0.680. The summed E-state index contributed by atoms with van der Waals surface area (Å²) in [5.41, 5.74) is 0. The largest absolute Gasteiger partial charge is 0.349 e. The van der Waals surface area contributed by atoms with E-state index in [0.717, 1.165) is 24.0 Å². The molecule has 1 aromatic heterocycles. The van der Waals surface area contributed by atoms with Crippen LogP contribution in [0.3, 0.4) is 0 Å². The van der Waals surface area contributed by atoms with E-state index in [9.17, 15) is 0 Å². The van der Waals surface area contributed by atoms with Gasteiger partial charge in [-0.3, -0.25) is 0 Å². The van der Waals surface area contributed by atoms with Gasteiger partial charge in [0.2, 0.25) is 5.13 Å². The molecule has 1 aromatic rings. The topological polar surface area (TPSA) is 32.3 Å². The second-order valence-corrected chi connectivity index (χ2v) is 4.08. The first-order chi connectivity index (χ1) is 6.09. The number of hydrogen-bond donors (Lipinski definition) is 0. The molecule has 0 saturated heterocycles. The van der Waals surface area contributed by atoms with Gasteiger partial charge in [-0.25, -0.2) is 4.98 Å². The molecule has 0 spiro atoms. The molecular formula is C8H16N4S. The lowest BCUT2D eigenvalue weighted by Gasteiger charge is -2.17. The van der Waals surface area contributed by atoms with Crippen LogP contribution in [-0.4, -0.2) is 48.5 Å². The van der Waals surface area contributed by atoms with Crippen LogP contribution in [0.15, 0.2) is 0 Å². The fourth-order valence-electron chi connectivity index (χ4n) is 0.887. The summed E-state index contributed by atoms with van der Waals surface area (Å²) in [5.74, 6) is 0.858. The number of anilines is 1. The SMILES string of the molecule is Cc1nsc(N(C)CCN(C)C)n1. The van der Waals surface area contributed by atoms with E-state index in [1.165, 1.54) is 11.5 Å². The van der Waals surface area contributed by atoms with Crippen LogP contribution in [0.25, 0.3) is 0 Å². The van der Waals surface area contributed by atoms with Crippen molar-refractivity contribution >= 4 is 16.7 Å². The van der Waals surface area contributed by atoms with Gasteiger partial charge in [0.15, 0.2) is 0 Å². The van der Waals surface area contributed by atoms with E-state index < -0.39 is 0 Å². The molecule has 13 heavy (non-hydrogen) atoms. The van der Waals surface area contributed by atoms with Gasteiger partial charge in [-0.15, -0.1) is 0 Å². The highest BCUT2D eigenvalue weighted by Gasteiger charge is 2.05. The van der Waals surface area contributed by atoms with Crippen molar-refractivity contribution in [3.05, 3.63) is 5.82 Å². The predicted molar refractivity (Wildman–Crippen MR) is 56.5 cm³/mol. The fourth-order valence-corrected chi connectivity index (χ4v) is 1.55. The van der Waals surface area contributed by atoms with Crippen molar-refractivity contribution < 1.29 is 0 Å². The van der Waals surface area contributed by atoms with E-state index >= 15 is 0 Å². The van der Waals surface area contributed by atoms with Crippen molar-refractivity contribution in [2.24, 2.45) is 0 Å². The second kappa shape index (κ2) is 4.53. The number of likely N-dealkylation sites (N-methyl/N-ethyl adjacent to an activating group) is 2. The third-order valence-corrected chi connectivity index (χ3v) is 2.65. The summed E-state index contributed by atoms with van der Waals surface area (Å²) in [4.78, 5) is 8.59. The third kappa shape index (κ3) is 3.28. The molecule has 0 radical (unpaired) electrons. The van der Waals surface area contributed by atoms with Gasteiger partial charge >= 0.3 is 0 Å². The molecule has 0 N–H and O–H groups in total. The van der Waals surface area contributed by atoms with Gasteiger partial charge in [-0.1, -0.05) is 0 Å². The maximum atomic E-state index is 4.30. The van der Waals surface area contributed by atoms with Crippen molar-refractivity contribution in [2.45, 2.75) is 6.92 Å². The number of aromatic nitrogens is 2. The average molecular weight is 200 g/mol. The predicted octanol–water partition coefficient (Wildman–Crippen LogP) is 0.844. The zero-order valence-electron chi connectivity index (χ0n) is 8.61. The summed E-state index contributed by atoms with van der Waals surface area (Å²) >= 11 is 1.46. The molecule has 0 aliphatic heterocycles. The smallest absolute Gasteiger partial charge is 0.204 e. The number of aryl methyl sites for hydroxylation is 1.